The zero-order valence-corrected chi connectivity index (χ0v) is 11.3. The molecule has 1 aromatic carbocycles. The predicted octanol–water partition coefficient (Wildman–Crippen LogP) is 3.87. The van der Waals surface area contributed by atoms with Gasteiger partial charge in [0.05, 0.1) is 0 Å². The lowest BCUT2D eigenvalue weighted by molar-refractivity contribution is 0.0510. The Morgan fingerprint density at radius 2 is 2.25 bits per heavy atom. The highest BCUT2D eigenvalue weighted by Gasteiger charge is 2.20. The van der Waals surface area contributed by atoms with Crippen molar-refractivity contribution in [1.82, 2.24) is 0 Å². The summed E-state index contributed by atoms with van der Waals surface area (Å²) in [4.78, 5) is 0. The molecule has 0 saturated carbocycles. The largest absolute Gasteiger partial charge is 0.468 e. The molecule has 1 aliphatic rings. The molecule has 88 valence electrons. The monoisotopic (exact) mass is 284 g/mol. The first-order chi connectivity index (χ1) is 7.72. The number of rotatable bonds is 3. The quantitative estimate of drug-likeness (QED) is 0.785. The van der Waals surface area contributed by atoms with Crippen LogP contribution in [-0.2, 0) is 11.2 Å². The van der Waals surface area contributed by atoms with Crippen molar-refractivity contribution >= 4 is 15.9 Å². The number of aryl methyl sites for hydroxylation is 1. The number of benzene rings is 1. The summed E-state index contributed by atoms with van der Waals surface area (Å²) in [6, 6.07) is 4.19. The van der Waals surface area contributed by atoms with Gasteiger partial charge in [-0.1, -0.05) is 22.9 Å². The molecule has 0 aliphatic heterocycles. The van der Waals surface area contributed by atoms with E-state index in [0.29, 0.717) is 12.7 Å². The SMILES string of the molecule is COCOc1cc(Br)c2c(c1)CCC[C@H]2C. The minimum Gasteiger partial charge on any atom is -0.468 e. The van der Waals surface area contributed by atoms with Crippen LogP contribution in [0.3, 0.4) is 0 Å². The van der Waals surface area contributed by atoms with Crippen molar-refractivity contribution in [3.8, 4) is 5.75 Å². The maximum absolute atomic E-state index is 5.49. The van der Waals surface area contributed by atoms with Crippen molar-refractivity contribution in [3.63, 3.8) is 0 Å². The molecule has 16 heavy (non-hydrogen) atoms. The Kier molecular flexibility index (Phi) is 3.87. The lowest BCUT2D eigenvalue weighted by Gasteiger charge is -2.24. The zero-order chi connectivity index (χ0) is 11.5. The van der Waals surface area contributed by atoms with Crippen LogP contribution in [0.5, 0.6) is 5.75 Å². The smallest absolute Gasteiger partial charge is 0.188 e. The molecular weight excluding hydrogens is 268 g/mol. The summed E-state index contributed by atoms with van der Waals surface area (Å²) in [5, 5.41) is 0. The Hall–Kier alpha value is -0.540. The van der Waals surface area contributed by atoms with Gasteiger partial charge in [0.15, 0.2) is 6.79 Å². The van der Waals surface area contributed by atoms with Crippen LogP contribution in [-0.4, -0.2) is 13.9 Å². The normalized spacial score (nSPS) is 19.3. The Morgan fingerprint density at radius 1 is 1.44 bits per heavy atom. The van der Waals surface area contributed by atoms with Crippen molar-refractivity contribution < 1.29 is 9.47 Å². The van der Waals surface area contributed by atoms with E-state index in [2.05, 4.69) is 28.9 Å². The summed E-state index contributed by atoms with van der Waals surface area (Å²) in [5.74, 6) is 1.54. The van der Waals surface area contributed by atoms with Gasteiger partial charge in [0, 0.05) is 11.6 Å². The van der Waals surface area contributed by atoms with Gasteiger partial charge in [-0.05, 0) is 48.4 Å². The molecule has 1 aromatic rings. The highest BCUT2D eigenvalue weighted by Crippen LogP contribution is 2.38. The van der Waals surface area contributed by atoms with Crippen LogP contribution in [0.25, 0.3) is 0 Å². The molecule has 0 aromatic heterocycles. The number of methoxy groups -OCH3 is 1. The second-order valence-electron chi connectivity index (χ2n) is 4.32. The van der Waals surface area contributed by atoms with Crippen LogP contribution >= 0.6 is 15.9 Å². The zero-order valence-electron chi connectivity index (χ0n) is 9.75. The third-order valence-electron chi connectivity index (χ3n) is 3.11. The summed E-state index contributed by atoms with van der Waals surface area (Å²) in [6.07, 6.45) is 3.71. The van der Waals surface area contributed by atoms with Gasteiger partial charge in [0.1, 0.15) is 5.75 Å². The average Bonchev–Trinajstić information content (AvgIpc) is 2.26. The molecule has 0 saturated heterocycles. The highest BCUT2D eigenvalue weighted by atomic mass is 79.9. The van der Waals surface area contributed by atoms with Gasteiger partial charge in [-0.2, -0.15) is 0 Å². The molecule has 0 radical (unpaired) electrons. The maximum Gasteiger partial charge on any atom is 0.188 e. The molecule has 3 heteroatoms. The van der Waals surface area contributed by atoms with Crippen molar-refractivity contribution in [1.29, 1.82) is 0 Å². The number of hydrogen-bond acceptors (Lipinski definition) is 2. The molecule has 2 rings (SSSR count). The number of ether oxygens (including phenoxy) is 2. The molecule has 1 aliphatic carbocycles. The predicted molar refractivity (Wildman–Crippen MR) is 68.0 cm³/mol. The van der Waals surface area contributed by atoms with Crippen molar-refractivity contribution in [2.75, 3.05) is 13.9 Å². The van der Waals surface area contributed by atoms with Gasteiger partial charge in [-0.25, -0.2) is 0 Å². The van der Waals surface area contributed by atoms with E-state index in [1.54, 1.807) is 7.11 Å². The summed E-state index contributed by atoms with van der Waals surface area (Å²) in [7, 11) is 1.63. The highest BCUT2D eigenvalue weighted by molar-refractivity contribution is 9.10. The lowest BCUT2D eigenvalue weighted by atomic mass is 9.84. The first kappa shape index (κ1) is 11.9. The van der Waals surface area contributed by atoms with Crippen molar-refractivity contribution in [3.05, 3.63) is 27.7 Å². The van der Waals surface area contributed by atoms with Crippen LogP contribution in [0.15, 0.2) is 16.6 Å². The van der Waals surface area contributed by atoms with E-state index < -0.39 is 0 Å². The number of fused-ring (bicyclic) bond motifs is 1. The molecule has 0 amide bonds. The molecule has 0 heterocycles. The van der Waals surface area contributed by atoms with Gasteiger partial charge in [0.2, 0.25) is 0 Å². The van der Waals surface area contributed by atoms with E-state index >= 15 is 0 Å². The van der Waals surface area contributed by atoms with Crippen LogP contribution in [0.2, 0.25) is 0 Å². The lowest BCUT2D eigenvalue weighted by Crippen LogP contribution is -2.09. The molecule has 0 spiro atoms. The van der Waals surface area contributed by atoms with Gasteiger partial charge >= 0.3 is 0 Å². The van der Waals surface area contributed by atoms with E-state index in [1.807, 2.05) is 6.07 Å². The second kappa shape index (κ2) is 5.19. The second-order valence-corrected chi connectivity index (χ2v) is 5.18. The number of hydrogen-bond donors (Lipinski definition) is 0. The first-order valence-corrected chi connectivity index (χ1v) is 6.45. The Morgan fingerprint density at radius 3 is 3.00 bits per heavy atom. The minimum atomic E-state index is 0.306. The van der Waals surface area contributed by atoms with E-state index in [9.17, 15) is 0 Å². The van der Waals surface area contributed by atoms with Gasteiger partial charge in [-0.3, -0.25) is 0 Å². The van der Waals surface area contributed by atoms with Crippen molar-refractivity contribution in [2.24, 2.45) is 0 Å². The van der Waals surface area contributed by atoms with Crippen LogP contribution in [0.4, 0.5) is 0 Å². The standard InChI is InChI=1S/C13H17BrO2/c1-9-4-3-5-10-6-11(16-8-15-2)7-12(14)13(9)10/h6-7,9H,3-5,8H2,1-2H3/t9-/m1/s1. The topological polar surface area (TPSA) is 18.5 Å². The molecule has 0 unspecified atom stereocenters. The number of halogens is 1. The van der Waals surface area contributed by atoms with Crippen molar-refractivity contribution in [2.45, 2.75) is 32.1 Å². The summed E-state index contributed by atoms with van der Waals surface area (Å²) < 4.78 is 11.6. The summed E-state index contributed by atoms with van der Waals surface area (Å²) >= 11 is 3.64. The Balaban J connectivity index is 2.30. The van der Waals surface area contributed by atoms with E-state index in [-0.39, 0.29) is 0 Å². The molecule has 0 bridgehead atoms. The minimum absolute atomic E-state index is 0.306. The fourth-order valence-electron chi connectivity index (χ4n) is 2.36. The van der Waals surface area contributed by atoms with E-state index in [4.69, 9.17) is 9.47 Å². The van der Waals surface area contributed by atoms with Crippen LogP contribution in [0, 0.1) is 0 Å². The molecule has 0 N–H and O–H groups in total. The van der Waals surface area contributed by atoms with E-state index in [0.717, 1.165) is 12.2 Å². The fourth-order valence-corrected chi connectivity index (χ4v) is 3.23. The third-order valence-corrected chi connectivity index (χ3v) is 3.76. The Bertz CT molecular complexity index is 376. The fraction of sp³-hybridized carbons (Fsp3) is 0.538. The molecular formula is C13H17BrO2. The summed E-state index contributed by atoms with van der Waals surface area (Å²) in [5.41, 5.74) is 2.87. The third kappa shape index (κ3) is 2.41. The molecule has 1 atom stereocenters. The van der Waals surface area contributed by atoms with Gasteiger partial charge in [-0.15, -0.1) is 0 Å². The first-order valence-electron chi connectivity index (χ1n) is 5.66. The van der Waals surface area contributed by atoms with Gasteiger partial charge < -0.3 is 9.47 Å². The van der Waals surface area contributed by atoms with Crippen LogP contribution in [0.1, 0.15) is 36.8 Å². The molecule has 2 nitrogen and oxygen atoms in total. The van der Waals surface area contributed by atoms with Gasteiger partial charge in [0.25, 0.3) is 0 Å². The van der Waals surface area contributed by atoms with E-state index in [1.165, 1.54) is 28.4 Å². The Labute approximate surface area is 105 Å². The maximum atomic E-state index is 5.49. The summed E-state index contributed by atoms with van der Waals surface area (Å²) in [6.45, 7) is 2.60. The molecule has 0 fully saturated rings. The van der Waals surface area contributed by atoms with Crippen LogP contribution < -0.4 is 4.74 Å². The average molecular weight is 285 g/mol.